The molecular formula is C30H22O3. The molecule has 0 saturated carbocycles. The van der Waals surface area contributed by atoms with Gasteiger partial charge in [-0.05, 0) is 54.6 Å². The van der Waals surface area contributed by atoms with Gasteiger partial charge < -0.3 is 14.2 Å². The molecule has 5 aromatic carbocycles. The van der Waals surface area contributed by atoms with E-state index >= 15 is 0 Å². The topological polar surface area (TPSA) is 27.7 Å². The third kappa shape index (κ3) is 5.05. The van der Waals surface area contributed by atoms with Crippen molar-refractivity contribution in [3.63, 3.8) is 0 Å². The van der Waals surface area contributed by atoms with E-state index in [1.165, 1.54) is 0 Å². The first-order valence-corrected chi connectivity index (χ1v) is 10.8. The maximum Gasteiger partial charge on any atom is 0.139 e. The largest absolute Gasteiger partial charge is 0.457 e. The molecular weight excluding hydrogens is 408 g/mol. The van der Waals surface area contributed by atoms with Gasteiger partial charge in [0, 0.05) is 17.2 Å². The summed E-state index contributed by atoms with van der Waals surface area (Å²) in [6, 6.07) is 43.0. The third-order valence-corrected chi connectivity index (χ3v) is 5.05. The molecule has 0 aliphatic carbocycles. The van der Waals surface area contributed by atoms with Gasteiger partial charge in [0.2, 0.25) is 0 Å². The molecule has 0 bridgehead atoms. The molecule has 3 nitrogen and oxygen atoms in total. The molecule has 160 valence electrons. The summed E-state index contributed by atoms with van der Waals surface area (Å²) in [5, 5.41) is 0. The lowest BCUT2D eigenvalue weighted by Gasteiger charge is -2.16. The summed E-state index contributed by atoms with van der Waals surface area (Å²) in [6.45, 7) is 0. The number of benzene rings is 5. The van der Waals surface area contributed by atoms with E-state index in [1.807, 2.05) is 133 Å². The predicted molar refractivity (Wildman–Crippen MR) is 131 cm³/mol. The molecule has 0 amide bonds. The Morgan fingerprint density at radius 3 is 1.36 bits per heavy atom. The van der Waals surface area contributed by atoms with E-state index in [4.69, 9.17) is 14.2 Å². The Morgan fingerprint density at radius 2 is 0.758 bits per heavy atom. The van der Waals surface area contributed by atoms with Gasteiger partial charge in [-0.1, -0.05) is 72.8 Å². The average molecular weight is 431 g/mol. The Bertz CT molecular complexity index is 1320. The van der Waals surface area contributed by atoms with E-state index in [9.17, 15) is 0 Å². The highest BCUT2D eigenvalue weighted by atomic mass is 16.5. The Morgan fingerprint density at radius 1 is 0.303 bits per heavy atom. The smallest absolute Gasteiger partial charge is 0.139 e. The lowest BCUT2D eigenvalue weighted by Crippen LogP contribution is -1.93. The molecule has 0 aromatic heterocycles. The number of para-hydroxylation sites is 4. The fourth-order valence-electron chi connectivity index (χ4n) is 3.51. The minimum Gasteiger partial charge on any atom is -0.457 e. The molecule has 0 atom stereocenters. The van der Waals surface area contributed by atoms with E-state index in [1.54, 1.807) is 0 Å². The van der Waals surface area contributed by atoms with Crippen LogP contribution in [0.25, 0.3) is 11.1 Å². The summed E-state index contributed by atoms with van der Waals surface area (Å²) in [4.78, 5) is 0. The van der Waals surface area contributed by atoms with E-state index in [0.717, 1.165) is 34.1 Å². The molecule has 5 rings (SSSR count). The first-order valence-electron chi connectivity index (χ1n) is 10.8. The molecule has 0 heterocycles. The molecule has 5 aromatic rings. The second-order valence-electron chi connectivity index (χ2n) is 7.40. The lowest BCUT2D eigenvalue weighted by molar-refractivity contribution is 0.460. The van der Waals surface area contributed by atoms with Gasteiger partial charge in [-0.3, -0.25) is 0 Å². The lowest BCUT2D eigenvalue weighted by atomic mass is 10.0. The first kappa shape index (κ1) is 20.4. The van der Waals surface area contributed by atoms with Gasteiger partial charge in [-0.25, -0.2) is 0 Å². The van der Waals surface area contributed by atoms with Crippen LogP contribution < -0.4 is 14.2 Å². The van der Waals surface area contributed by atoms with Crippen molar-refractivity contribution in [3.8, 4) is 45.6 Å². The van der Waals surface area contributed by atoms with Gasteiger partial charge in [0.1, 0.15) is 34.5 Å². The maximum atomic E-state index is 6.31. The summed E-state index contributed by atoms with van der Waals surface area (Å²) in [7, 11) is 0. The van der Waals surface area contributed by atoms with Crippen molar-refractivity contribution in [2.24, 2.45) is 0 Å². The number of hydrogen-bond acceptors (Lipinski definition) is 3. The molecule has 0 radical (unpaired) electrons. The van der Waals surface area contributed by atoms with Crippen molar-refractivity contribution in [2.75, 3.05) is 0 Å². The highest BCUT2D eigenvalue weighted by molar-refractivity contribution is 5.77. The fourth-order valence-corrected chi connectivity index (χ4v) is 3.51. The summed E-state index contributed by atoms with van der Waals surface area (Å²) in [5.41, 5.74) is 1.84. The second-order valence-corrected chi connectivity index (χ2v) is 7.40. The second kappa shape index (κ2) is 9.75. The van der Waals surface area contributed by atoms with Gasteiger partial charge >= 0.3 is 0 Å². The van der Waals surface area contributed by atoms with Crippen LogP contribution in [0.5, 0.6) is 34.5 Å². The molecule has 0 spiro atoms. The molecule has 3 heteroatoms. The first-order chi connectivity index (χ1) is 16.3. The standard InChI is InChI=1S/C30H22O3/c1-4-12-23(13-5-1)31-26-20-21-28(30(22-26)33-25-16-8-3-9-17-25)27-18-10-11-19-29(27)32-24-14-6-2-7-15-24/h1-22H. The summed E-state index contributed by atoms with van der Waals surface area (Å²) in [5.74, 6) is 4.41. The van der Waals surface area contributed by atoms with Crippen LogP contribution in [0.1, 0.15) is 0 Å². The molecule has 0 aliphatic heterocycles. The Kier molecular flexibility index (Phi) is 6.03. The quantitative estimate of drug-likeness (QED) is 0.258. The van der Waals surface area contributed by atoms with Gasteiger partial charge in [0.25, 0.3) is 0 Å². The SMILES string of the molecule is c1ccc(Oc2ccc(-c3ccccc3Oc3ccccc3)c(Oc3ccccc3)c2)cc1. The highest BCUT2D eigenvalue weighted by Gasteiger charge is 2.15. The molecule has 0 aliphatic rings. The van der Waals surface area contributed by atoms with Crippen LogP contribution in [0.15, 0.2) is 133 Å². The Balaban J connectivity index is 1.55. The van der Waals surface area contributed by atoms with Crippen LogP contribution in [-0.4, -0.2) is 0 Å². The normalized spacial score (nSPS) is 10.4. The van der Waals surface area contributed by atoms with Crippen LogP contribution in [-0.2, 0) is 0 Å². The Labute approximate surface area is 193 Å². The number of hydrogen-bond donors (Lipinski definition) is 0. The highest BCUT2D eigenvalue weighted by Crippen LogP contribution is 2.42. The van der Waals surface area contributed by atoms with Crippen LogP contribution in [0, 0.1) is 0 Å². The fraction of sp³-hybridized carbons (Fsp3) is 0. The molecule has 0 N–H and O–H groups in total. The van der Waals surface area contributed by atoms with Gasteiger partial charge in [0.05, 0.1) is 0 Å². The number of rotatable bonds is 7. The van der Waals surface area contributed by atoms with Crippen LogP contribution >= 0.6 is 0 Å². The van der Waals surface area contributed by atoms with Crippen molar-refractivity contribution in [2.45, 2.75) is 0 Å². The van der Waals surface area contributed by atoms with Crippen LogP contribution in [0.3, 0.4) is 0 Å². The molecule has 0 unspecified atom stereocenters. The van der Waals surface area contributed by atoms with Gasteiger partial charge in [-0.2, -0.15) is 0 Å². The van der Waals surface area contributed by atoms with Gasteiger partial charge in [-0.15, -0.1) is 0 Å². The van der Waals surface area contributed by atoms with E-state index in [2.05, 4.69) is 0 Å². The number of ether oxygens (including phenoxy) is 3. The molecule has 33 heavy (non-hydrogen) atoms. The van der Waals surface area contributed by atoms with E-state index in [-0.39, 0.29) is 0 Å². The van der Waals surface area contributed by atoms with Crippen molar-refractivity contribution in [3.05, 3.63) is 133 Å². The van der Waals surface area contributed by atoms with E-state index in [0.29, 0.717) is 11.5 Å². The molecule has 0 saturated heterocycles. The molecule has 0 fully saturated rings. The van der Waals surface area contributed by atoms with E-state index < -0.39 is 0 Å². The summed E-state index contributed by atoms with van der Waals surface area (Å²) < 4.78 is 18.6. The van der Waals surface area contributed by atoms with Crippen molar-refractivity contribution in [1.29, 1.82) is 0 Å². The van der Waals surface area contributed by atoms with Crippen molar-refractivity contribution >= 4 is 0 Å². The average Bonchev–Trinajstić information content (AvgIpc) is 2.87. The predicted octanol–water partition coefficient (Wildman–Crippen LogP) is 8.73. The van der Waals surface area contributed by atoms with Crippen molar-refractivity contribution in [1.82, 2.24) is 0 Å². The zero-order chi connectivity index (χ0) is 22.3. The summed E-state index contributed by atoms with van der Waals surface area (Å²) >= 11 is 0. The van der Waals surface area contributed by atoms with Crippen molar-refractivity contribution < 1.29 is 14.2 Å². The van der Waals surface area contributed by atoms with Gasteiger partial charge in [0.15, 0.2) is 0 Å². The van der Waals surface area contributed by atoms with Crippen LogP contribution in [0.2, 0.25) is 0 Å². The monoisotopic (exact) mass is 430 g/mol. The minimum atomic E-state index is 0.679. The zero-order valence-corrected chi connectivity index (χ0v) is 17.9. The third-order valence-electron chi connectivity index (χ3n) is 5.05. The maximum absolute atomic E-state index is 6.31. The minimum absolute atomic E-state index is 0.679. The summed E-state index contributed by atoms with van der Waals surface area (Å²) in [6.07, 6.45) is 0. The Hall–Kier alpha value is -4.50. The van der Waals surface area contributed by atoms with Crippen LogP contribution in [0.4, 0.5) is 0 Å². The zero-order valence-electron chi connectivity index (χ0n) is 17.9.